The average Bonchev–Trinajstić information content (AvgIpc) is 3.33. The van der Waals surface area contributed by atoms with Gasteiger partial charge in [0.05, 0.1) is 12.2 Å². The van der Waals surface area contributed by atoms with Gasteiger partial charge in [-0.25, -0.2) is 4.98 Å². The Labute approximate surface area is 164 Å². The molecule has 0 aliphatic heterocycles. The summed E-state index contributed by atoms with van der Waals surface area (Å²) >= 11 is 6.89. The summed E-state index contributed by atoms with van der Waals surface area (Å²) in [6, 6.07) is 8.04. The van der Waals surface area contributed by atoms with Crippen molar-refractivity contribution in [3.05, 3.63) is 58.1 Å². The maximum atomic E-state index is 12.3. The van der Waals surface area contributed by atoms with E-state index in [0.29, 0.717) is 24.3 Å². The molecule has 0 fully saturated rings. The Morgan fingerprint density at radius 3 is 3.11 bits per heavy atom. The van der Waals surface area contributed by atoms with Crippen LogP contribution in [-0.2, 0) is 17.9 Å². The van der Waals surface area contributed by atoms with E-state index < -0.39 is 0 Å². The molecule has 4 aromatic rings. The van der Waals surface area contributed by atoms with E-state index in [1.54, 1.807) is 11.3 Å². The molecule has 138 valence electrons. The number of thiazole rings is 1. The number of aromatic nitrogens is 5. The molecule has 0 spiro atoms. The van der Waals surface area contributed by atoms with Gasteiger partial charge in [0, 0.05) is 36.3 Å². The van der Waals surface area contributed by atoms with Crippen LogP contribution in [0.15, 0.2) is 42.0 Å². The van der Waals surface area contributed by atoms with Crippen molar-refractivity contribution in [3.63, 3.8) is 0 Å². The standard InChI is InChI=1S/C18H18N6OS2/c1-12-3-2-4-13(9-12)16-21-22-17(26)24(16)6-5-15(25)19-10-14-11-23-7-8-27-18(23)20-14/h2-4,7-9,11H,5-6,10H2,1H3,(H,19,25)(H,22,26). The highest BCUT2D eigenvalue weighted by atomic mass is 32.1. The Morgan fingerprint density at radius 1 is 1.41 bits per heavy atom. The quantitative estimate of drug-likeness (QED) is 0.488. The molecule has 2 N–H and O–H groups in total. The molecule has 1 amide bonds. The second-order valence-corrected chi connectivity index (χ2v) is 7.49. The van der Waals surface area contributed by atoms with Crippen LogP contribution in [0, 0.1) is 11.7 Å². The van der Waals surface area contributed by atoms with Gasteiger partial charge in [0.15, 0.2) is 15.6 Å². The number of imidazole rings is 1. The molecule has 0 aliphatic carbocycles. The number of rotatable bonds is 6. The molecule has 0 saturated carbocycles. The van der Waals surface area contributed by atoms with Crippen molar-refractivity contribution in [1.82, 2.24) is 29.5 Å². The van der Waals surface area contributed by atoms with E-state index in [4.69, 9.17) is 12.2 Å². The van der Waals surface area contributed by atoms with Crippen LogP contribution in [0.5, 0.6) is 0 Å². The number of aryl methyl sites for hydroxylation is 1. The number of aromatic amines is 1. The van der Waals surface area contributed by atoms with Crippen LogP contribution < -0.4 is 5.32 Å². The summed E-state index contributed by atoms with van der Waals surface area (Å²) in [5.74, 6) is 0.690. The van der Waals surface area contributed by atoms with Gasteiger partial charge in [-0.3, -0.25) is 18.9 Å². The van der Waals surface area contributed by atoms with Gasteiger partial charge in [-0.2, -0.15) is 5.10 Å². The van der Waals surface area contributed by atoms with Crippen molar-refractivity contribution < 1.29 is 4.79 Å². The summed E-state index contributed by atoms with van der Waals surface area (Å²) in [5, 5.41) is 12.0. The van der Waals surface area contributed by atoms with Crippen LogP contribution in [-0.4, -0.2) is 30.1 Å². The van der Waals surface area contributed by atoms with Crippen molar-refractivity contribution in [2.45, 2.75) is 26.4 Å². The van der Waals surface area contributed by atoms with E-state index >= 15 is 0 Å². The normalized spacial score (nSPS) is 11.1. The molecule has 9 heteroatoms. The van der Waals surface area contributed by atoms with Crippen LogP contribution in [0.25, 0.3) is 16.3 Å². The largest absolute Gasteiger partial charge is 0.350 e. The summed E-state index contributed by atoms with van der Waals surface area (Å²) < 4.78 is 4.31. The Balaban J connectivity index is 1.39. The topological polar surface area (TPSA) is 80.0 Å². The van der Waals surface area contributed by atoms with Crippen molar-refractivity contribution in [2.24, 2.45) is 0 Å². The minimum absolute atomic E-state index is 0.0513. The highest BCUT2D eigenvalue weighted by Crippen LogP contribution is 2.19. The molecule has 0 unspecified atom stereocenters. The van der Waals surface area contributed by atoms with E-state index in [2.05, 4.69) is 20.5 Å². The lowest BCUT2D eigenvalue weighted by Gasteiger charge is -2.08. The molecule has 7 nitrogen and oxygen atoms in total. The first kappa shape index (κ1) is 17.6. The molecule has 1 aromatic carbocycles. The minimum atomic E-state index is -0.0513. The first-order chi connectivity index (χ1) is 13.1. The van der Waals surface area contributed by atoms with E-state index in [1.165, 1.54) is 0 Å². The van der Waals surface area contributed by atoms with Gasteiger partial charge in [-0.15, -0.1) is 11.3 Å². The lowest BCUT2D eigenvalue weighted by atomic mass is 10.1. The molecule has 0 bridgehead atoms. The summed E-state index contributed by atoms with van der Waals surface area (Å²) in [6.07, 6.45) is 4.19. The number of benzene rings is 1. The minimum Gasteiger partial charge on any atom is -0.350 e. The summed E-state index contributed by atoms with van der Waals surface area (Å²) in [5.41, 5.74) is 2.96. The predicted octanol–water partition coefficient (Wildman–Crippen LogP) is 3.33. The monoisotopic (exact) mass is 398 g/mol. The number of nitrogens with zero attached hydrogens (tertiary/aromatic N) is 4. The van der Waals surface area contributed by atoms with E-state index in [9.17, 15) is 4.79 Å². The molecular weight excluding hydrogens is 380 g/mol. The molecular formula is C18H18N6OS2. The third-order valence-corrected chi connectivity index (χ3v) is 5.29. The van der Waals surface area contributed by atoms with Gasteiger partial charge in [0.1, 0.15) is 0 Å². The van der Waals surface area contributed by atoms with Crippen molar-refractivity contribution >= 4 is 34.4 Å². The number of hydrogen-bond donors (Lipinski definition) is 2. The van der Waals surface area contributed by atoms with Crippen LogP contribution in [0.3, 0.4) is 0 Å². The van der Waals surface area contributed by atoms with Gasteiger partial charge in [-0.1, -0.05) is 23.8 Å². The Bertz CT molecular complexity index is 1120. The zero-order valence-corrected chi connectivity index (χ0v) is 16.3. The van der Waals surface area contributed by atoms with E-state index in [-0.39, 0.29) is 5.91 Å². The van der Waals surface area contributed by atoms with Gasteiger partial charge in [0.25, 0.3) is 0 Å². The third kappa shape index (κ3) is 3.83. The number of amides is 1. The molecule has 3 aromatic heterocycles. The fourth-order valence-electron chi connectivity index (χ4n) is 2.88. The highest BCUT2D eigenvalue weighted by molar-refractivity contribution is 7.71. The van der Waals surface area contributed by atoms with Crippen LogP contribution >= 0.6 is 23.6 Å². The first-order valence-corrected chi connectivity index (χ1v) is 9.79. The fraction of sp³-hybridized carbons (Fsp3) is 0.222. The van der Waals surface area contributed by atoms with Crippen molar-refractivity contribution in [3.8, 4) is 11.4 Å². The fourth-order valence-corrected chi connectivity index (χ4v) is 3.82. The zero-order chi connectivity index (χ0) is 18.8. The lowest BCUT2D eigenvalue weighted by molar-refractivity contribution is -0.121. The molecule has 0 radical (unpaired) electrons. The second kappa shape index (κ2) is 7.45. The van der Waals surface area contributed by atoms with Gasteiger partial charge in [-0.05, 0) is 25.2 Å². The number of fused-ring (bicyclic) bond motifs is 1. The zero-order valence-electron chi connectivity index (χ0n) is 14.7. The van der Waals surface area contributed by atoms with Gasteiger partial charge < -0.3 is 5.32 Å². The Morgan fingerprint density at radius 2 is 2.30 bits per heavy atom. The molecule has 0 atom stereocenters. The number of carbonyl (C=O) groups excluding carboxylic acids is 1. The van der Waals surface area contributed by atoms with E-state index in [0.717, 1.165) is 27.6 Å². The maximum Gasteiger partial charge on any atom is 0.222 e. The second-order valence-electron chi connectivity index (χ2n) is 6.23. The van der Waals surface area contributed by atoms with Crippen molar-refractivity contribution in [2.75, 3.05) is 0 Å². The average molecular weight is 399 g/mol. The van der Waals surface area contributed by atoms with E-state index in [1.807, 2.05) is 57.9 Å². The summed E-state index contributed by atoms with van der Waals surface area (Å²) in [7, 11) is 0. The smallest absolute Gasteiger partial charge is 0.222 e. The van der Waals surface area contributed by atoms with Gasteiger partial charge >= 0.3 is 0 Å². The predicted molar refractivity (Wildman–Crippen MR) is 107 cm³/mol. The first-order valence-electron chi connectivity index (χ1n) is 8.50. The molecule has 0 aliphatic rings. The summed E-state index contributed by atoms with van der Waals surface area (Å²) in [4.78, 5) is 17.6. The number of carbonyl (C=O) groups is 1. The molecule has 4 rings (SSSR count). The maximum absolute atomic E-state index is 12.3. The Hall–Kier alpha value is -2.78. The SMILES string of the molecule is Cc1cccc(-c2n[nH]c(=S)n2CCC(=O)NCc2cn3ccsc3n2)c1. The third-order valence-electron chi connectivity index (χ3n) is 4.21. The summed E-state index contributed by atoms with van der Waals surface area (Å²) in [6.45, 7) is 2.90. The lowest BCUT2D eigenvalue weighted by Crippen LogP contribution is -2.24. The molecule has 27 heavy (non-hydrogen) atoms. The van der Waals surface area contributed by atoms with Gasteiger partial charge in [0.2, 0.25) is 5.91 Å². The highest BCUT2D eigenvalue weighted by Gasteiger charge is 2.11. The van der Waals surface area contributed by atoms with Crippen LogP contribution in [0.2, 0.25) is 0 Å². The van der Waals surface area contributed by atoms with Crippen molar-refractivity contribution in [1.29, 1.82) is 0 Å². The Kier molecular flexibility index (Phi) is 4.87. The number of H-pyrrole nitrogens is 1. The van der Waals surface area contributed by atoms with Crippen LogP contribution in [0.1, 0.15) is 17.7 Å². The number of nitrogens with one attached hydrogen (secondary N) is 2. The molecule has 3 heterocycles. The van der Waals surface area contributed by atoms with Crippen LogP contribution in [0.4, 0.5) is 0 Å². The number of hydrogen-bond acceptors (Lipinski definition) is 5. The molecule has 0 saturated heterocycles.